The molecule has 132 valence electrons. The minimum absolute atomic E-state index is 0.00610. The molecule has 1 aromatic carbocycles. The largest absolute Gasteiger partial charge is 0.383 e. The van der Waals surface area contributed by atoms with E-state index >= 15 is 0 Å². The lowest BCUT2D eigenvalue weighted by Gasteiger charge is -2.24. The summed E-state index contributed by atoms with van der Waals surface area (Å²) in [6.07, 6.45) is 0.972. The van der Waals surface area contributed by atoms with Gasteiger partial charge < -0.3 is 20.3 Å². The second-order valence-electron chi connectivity index (χ2n) is 5.69. The van der Waals surface area contributed by atoms with Crippen molar-refractivity contribution in [3.63, 3.8) is 0 Å². The van der Waals surface area contributed by atoms with E-state index in [1.165, 1.54) is 11.8 Å². The van der Waals surface area contributed by atoms with Gasteiger partial charge in [0.25, 0.3) is 5.91 Å². The average molecular weight is 351 g/mol. The number of likely N-dealkylation sites (N-methyl/N-ethyl adjacent to an activating group) is 1. The Morgan fingerprint density at radius 2 is 2.21 bits per heavy atom. The fourth-order valence-corrected chi connectivity index (χ4v) is 3.46. The highest BCUT2D eigenvalue weighted by atomic mass is 32.2. The molecule has 2 rings (SSSR count). The molecule has 7 heteroatoms. The highest BCUT2D eigenvalue weighted by molar-refractivity contribution is 8.00. The van der Waals surface area contributed by atoms with Crippen LogP contribution in [0.1, 0.15) is 16.8 Å². The Labute approximate surface area is 147 Å². The van der Waals surface area contributed by atoms with Gasteiger partial charge >= 0.3 is 0 Å². The Balaban J connectivity index is 1.96. The molecule has 2 amide bonds. The van der Waals surface area contributed by atoms with Crippen molar-refractivity contribution >= 4 is 23.6 Å². The average Bonchev–Trinajstić information content (AvgIpc) is 3.14. The minimum Gasteiger partial charge on any atom is -0.383 e. The number of nitrogens with one attached hydrogen (secondary N) is 2. The van der Waals surface area contributed by atoms with E-state index in [-0.39, 0.29) is 23.6 Å². The van der Waals surface area contributed by atoms with Gasteiger partial charge in [0.1, 0.15) is 0 Å². The van der Waals surface area contributed by atoms with Gasteiger partial charge in [-0.25, -0.2) is 0 Å². The molecule has 0 radical (unpaired) electrons. The Morgan fingerprint density at radius 3 is 2.92 bits per heavy atom. The van der Waals surface area contributed by atoms with Gasteiger partial charge in [-0.15, -0.1) is 11.8 Å². The highest BCUT2D eigenvalue weighted by Crippen LogP contribution is 2.24. The predicted molar refractivity (Wildman–Crippen MR) is 95.4 cm³/mol. The molecule has 2 N–H and O–H groups in total. The summed E-state index contributed by atoms with van der Waals surface area (Å²) in [6, 6.07) is 7.69. The number of methoxy groups -OCH3 is 1. The lowest BCUT2D eigenvalue weighted by atomic mass is 10.1. The molecule has 0 aliphatic carbocycles. The first-order chi connectivity index (χ1) is 11.6. The van der Waals surface area contributed by atoms with E-state index in [2.05, 4.69) is 10.6 Å². The molecule has 1 aliphatic heterocycles. The molecule has 1 unspecified atom stereocenters. The van der Waals surface area contributed by atoms with Crippen LogP contribution in [0.4, 0.5) is 0 Å². The topological polar surface area (TPSA) is 70.7 Å². The zero-order valence-corrected chi connectivity index (χ0v) is 15.0. The van der Waals surface area contributed by atoms with Crippen molar-refractivity contribution in [1.29, 1.82) is 0 Å². The molecule has 1 atom stereocenters. The fraction of sp³-hybridized carbons (Fsp3) is 0.529. The fourth-order valence-electron chi connectivity index (χ4n) is 2.58. The SMILES string of the molecule is COCCNC(=O)CSc1ccccc1C(=O)N(C)C1CCNC1. The van der Waals surface area contributed by atoms with Crippen LogP contribution in [0, 0.1) is 0 Å². The van der Waals surface area contributed by atoms with E-state index in [1.807, 2.05) is 31.3 Å². The third-order valence-corrected chi connectivity index (χ3v) is 5.08. The van der Waals surface area contributed by atoms with E-state index in [0.29, 0.717) is 18.7 Å². The van der Waals surface area contributed by atoms with Crippen molar-refractivity contribution in [2.45, 2.75) is 17.4 Å². The number of nitrogens with zero attached hydrogens (tertiary/aromatic N) is 1. The van der Waals surface area contributed by atoms with Crippen molar-refractivity contribution in [3.05, 3.63) is 29.8 Å². The highest BCUT2D eigenvalue weighted by Gasteiger charge is 2.25. The predicted octanol–water partition coefficient (Wildman–Crippen LogP) is 0.975. The molecular weight excluding hydrogens is 326 g/mol. The Hall–Kier alpha value is -1.57. The van der Waals surface area contributed by atoms with Gasteiger partial charge in [-0.1, -0.05) is 12.1 Å². The Morgan fingerprint density at radius 1 is 1.42 bits per heavy atom. The number of carbonyl (C=O) groups is 2. The van der Waals surface area contributed by atoms with E-state index in [4.69, 9.17) is 4.74 Å². The number of hydrogen-bond acceptors (Lipinski definition) is 5. The first kappa shape index (κ1) is 18.8. The summed E-state index contributed by atoms with van der Waals surface area (Å²) in [7, 11) is 3.44. The van der Waals surface area contributed by atoms with Gasteiger partial charge in [-0.05, 0) is 25.1 Å². The zero-order chi connectivity index (χ0) is 17.4. The maximum atomic E-state index is 12.8. The summed E-state index contributed by atoms with van der Waals surface area (Å²) in [6.45, 7) is 2.76. The van der Waals surface area contributed by atoms with Crippen LogP contribution in [0.2, 0.25) is 0 Å². The number of benzene rings is 1. The Kier molecular flexibility index (Phi) is 7.55. The van der Waals surface area contributed by atoms with Crippen molar-refractivity contribution in [1.82, 2.24) is 15.5 Å². The quantitative estimate of drug-likeness (QED) is 0.540. The van der Waals surface area contributed by atoms with Crippen molar-refractivity contribution in [3.8, 4) is 0 Å². The first-order valence-corrected chi connectivity index (χ1v) is 9.07. The summed E-state index contributed by atoms with van der Waals surface area (Å²) in [5.41, 5.74) is 0.654. The molecule has 1 aromatic rings. The second-order valence-corrected chi connectivity index (χ2v) is 6.71. The van der Waals surface area contributed by atoms with E-state index in [0.717, 1.165) is 24.4 Å². The standard InChI is InChI=1S/C17H25N3O3S/c1-20(13-7-8-18-11-13)17(22)14-5-3-4-6-15(14)24-12-16(21)19-9-10-23-2/h3-6,13,18H,7-12H2,1-2H3,(H,19,21). The second kappa shape index (κ2) is 9.66. The molecule has 24 heavy (non-hydrogen) atoms. The van der Waals surface area contributed by atoms with Gasteiger partial charge in [0.05, 0.1) is 17.9 Å². The van der Waals surface area contributed by atoms with Crippen molar-refractivity contribution in [2.24, 2.45) is 0 Å². The molecule has 0 spiro atoms. The summed E-state index contributed by atoms with van der Waals surface area (Å²) < 4.78 is 4.90. The van der Waals surface area contributed by atoms with Gasteiger partial charge in [-0.3, -0.25) is 9.59 Å². The summed E-state index contributed by atoms with van der Waals surface area (Å²) in [5, 5.41) is 6.06. The number of amides is 2. The molecule has 1 fully saturated rings. The number of ether oxygens (including phenoxy) is 1. The molecule has 1 aliphatic rings. The molecule has 0 bridgehead atoms. The smallest absolute Gasteiger partial charge is 0.255 e. The minimum atomic E-state index is -0.0624. The first-order valence-electron chi connectivity index (χ1n) is 8.09. The van der Waals surface area contributed by atoms with Crippen LogP contribution in [-0.2, 0) is 9.53 Å². The van der Waals surface area contributed by atoms with Crippen LogP contribution in [0.5, 0.6) is 0 Å². The number of carbonyl (C=O) groups excluding carboxylic acids is 2. The Bertz CT molecular complexity index is 562. The van der Waals surface area contributed by atoms with Gasteiger partial charge in [0, 0.05) is 38.2 Å². The maximum absolute atomic E-state index is 12.8. The van der Waals surface area contributed by atoms with Crippen molar-refractivity contribution < 1.29 is 14.3 Å². The lowest BCUT2D eigenvalue weighted by molar-refractivity contribution is -0.118. The van der Waals surface area contributed by atoms with E-state index in [9.17, 15) is 9.59 Å². The summed E-state index contributed by atoms with van der Waals surface area (Å²) in [5.74, 6) is 0.224. The van der Waals surface area contributed by atoms with Crippen LogP contribution in [-0.4, -0.2) is 68.9 Å². The summed E-state index contributed by atoms with van der Waals surface area (Å²) >= 11 is 1.39. The maximum Gasteiger partial charge on any atom is 0.255 e. The van der Waals surface area contributed by atoms with Crippen LogP contribution in [0.3, 0.4) is 0 Å². The molecule has 0 aromatic heterocycles. The number of hydrogen-bond donors (Lipinski definition) is 2. The van der Waals surface area contributed by atoms with E-state index in [1.54, 1.807) is 12.0 Å². The van der Waals surface area contributed by atoms with Crippen LogP contribution in [0.15, 0.2) is 29.2 Å². The number of thioether (sulfide) groups is 1. The van der Waals surface area contributed by atoms with Gasteiger partial charge in [0.15, 0.2) is 0 Å². The number of rotatable bonds is 8. The van der Waals surface area contributed by atoms with Crippen LogP contribution in [0.25, 0.3) is 0 Å². The molecular formula is C17H25N3O3S. The van der Waals surface area contributed by atoms with Gasteiger partial charge in [0.2, 0.25) is 5.91 Å². The lowest BCUT2D eigenvalue weighted by Crippen LogP contribution is -2.38. The summed E-state index contributed by atoms with van der Waals surface area (Å²) in [4.78, 5) is 27.2. The third kappa shape index (κ3) is 5.22. The zero-order valence-electron chi connectivity index (χ0n) is 14.2. The molecule has 0 saturated carbocycles. The monoisotopic (exact) mass is 351 g/mol. The van der Waals surface area contributed by atoms with Crippen molar-refractivity contribution in [2.75, 3.05) is 46.2 Å². The molecule has 1 saturated heterocycles. The molecule has 6 nitrogen and oxygen atoms in total. The molecule has 1 heterocycles. The van der Waals surface area contributed by atoms with E-state index < -0.39 is 0 Å². The third-order valence-electron chi connectivity index (χ3n) is 4.01. The van der Waals surface area contributed by atoms with Gasteiger partial charge in [-0.2, -0.15) is 0 Å². The van der Waals surface area contributed by atoms with Crippen LogP contribution >= 0.6 is 11.8 Å². The normalized spacial score (nSPS) is 16.8. The van der Waals surface area contributed by atoms with Crippen LogP contribution < -0.4 is 10.6 Å².